The molecule has 1 aromatic heterocycles. The molecule has 1 saturated heterocycles. The molecule has 0 radical (unpaired) electrons. The monoisotopic (exact) mass is 415 g/mol. The summed E-state index contributed by atoms with van der Waals surface area (Å²) < 4.78 is 13.2. The fourth-order valence-electron chi connectivity index (χ4n) is 4.15. The second-order valence-electron chi connectivity index (χ2n) is 7.93. The van der Waals surface area contributed by atoms with E-state index in [1.54, 1.807) is 12.1 Å². The van der Waals surface area contributed by atoms with Gasteiger partial charge in [-0.15, -0.1) is 0 Å². The minimum absolute atomic E-state index is 0.230. The number of aromatic amines is 1. The van der Waals surface area contributed by atoms with Crippen molar-refractivity contribution in [2.24, 2.45) is 0 Å². The first kappa shape index (κ1) is 19.6. The zero-order chi connectivity index (χ0) is 21.2. The Morgan fingerprint density at radius 2 is 1.61 bits per heavy atom. The maximum Gasteiger partial charge on any atom is 0.160 e. The first-order valence-electron chi connectivity index (χ1n) is 10.8. The van der Waals surface area contributed by atoms with Gasteiger partial charge in [0.15, 0.2) is 5.82 Å². The van der Waals surface area contributed by atoms with Crippen LogP contribution < -0.4 is 10.2 Å². The van der Waals surface area contributed by atoms with Crippen molar-refractivity contribution in [3.05, 3.63) is 72.5 Å². The Morgan fingerprint density at radius 3 is 2.32 bits per heavy atom. The van der Waals surface area contributed by atoms with E-state index in [1.165, 1.54) is 17.8 Å². The van der Waals surface area contributed by atoms with Crippen molar-refractivity contribution in [2.75, 3.05) is 42.9 Å². The molecule has 6 heteroatoms. The number of nitrogens with zero attached hydrogens (tertiary/aromatic N) is 3. The van der Waals surface area contributed by atoms with Gasteiger partial charge in [-0.2, -0.15) is 5.10 Å². The van der Waals surface area contributed by atoms with Gasteiger partial charge in [0.05, 0.1) is 5.52 Å². The molecule has 0 saturated carbocycles. The van der Waals surface area contributed by atoms with Crippen LogP contribution in [0.25, 0.3) is 22.0 Å². The number of rotatable bonds is 5. The predicted molar refractivity (Wildman–Crippen MR) is 126 cm³/mol. The van der Waals surface area contributed by atoms with Gasteiger partial charge in [0.1, 0.15) is 5.82 Å². The van der Waals surface area contributed by atoms with E-state index in [2.05, 4.69) is 56.5 Å². The summed E-state index contributed by atoms with van der Waals surface area (Å²) in [7, 11) is 0. The third-order valence-corrected chi connectivity index (χ3v) is 6.06. The molecule has 4 aromatic rings. The predicted octanol–water partition coefficient (Wildman–Crippen LogP) is 5.25. The quantitative estimate of drug-likeness (QED) is 0.467. The molecular weight excluding hydrogens is 389 g/mol. The summed E-state index contributed by atoms with van der Waals surface area (Å²) in [6.45, 7) is 7.73. The van der Waals surface area contributed by atoms with E-state index in [0.717, 1.165) is 66.3 Å². The number of benzene rings is 3. The van der Waals surface area contributed by atoms with Gasteiger partial charge in [-0.05, 0) is 66.2 Å². The van der Waals surface area contributed by atoms with Crippen molar-refractivity contribution < 1.29 is 4.39 Å². The SMILES string of the molecule is CCN1CCN(c2ccc(Nc3n[nH]c4cc(-c5ccc(F)cc5)ccc34)cc2)CC1. The van der Waals surface area contributed by atoms with E-state index in [1.807, 2.05) is 18.2 Å². The van der Waals surface area contributed by atoms with Gasteiger partial charge in [-0.1, -0.05) is 25.1 Å². The molecule has 0 amide bonds. The zero-order valence-electron chi connectivity index (χ0n) is 17.6. The van der Waals surface area contributed by atoms with Crippen LogP contribution in [0, 0.1) is 5.82 Å². The van der Waals surface area contributed by atoms with Crippen molar-refractivity contribution >= 4 is 28.1 Å². The summed E-state index contributed by atoms with van der Waals surface area (Å²) in [5, 5.41) is 12.0. The van der Waals surface area contributed by atoms with Gasteiger partial charge in [0, 0.05) is 42.9 Å². The molecule has 5 nitrogen and oxygen atoms in total. The lowest BCUT2D eigenvalue weighted by Crippen LogP contribution is -2.46. The number of hydrogen-bond donors (Lipinski definition) is 2. The summed E-state index contributed by atoms with van der Waals surface area (Å²) in [6, 6.07) is 21.2. The molecule has 2 N–H and O–H groups in total. The number of aromatic nitrogens is 2. The second kappa shape index (κ2) is 8.40. The number of nitrogens with one attached hydrogen (secondary N) is 2. The Hall–Kier alpha value is -3.38. The Kier molecular flexibility index (Phi) is 5.30. The van der Waals surface area contributed by atoms with Gasteiger partial charge >= 0.3 is 0 Å². The van der Waals surface area contributed by atoms with Crippen molar-refractivity contribution in [1.82, 2.24) is 15.1 Å². The van der Waals surface area contributed by atoms with Gasteiger partial charge in [-0.25, -0.2) is 4.39 Å². The molecule has 2 heterocycles. The third kappa shape index (κ3) is 4.11. The molecule has 31 heavy (non-hydrogen) atoms. The molecule has 5 rings (SSSR count). The minimum Gasteiger partial charge on any atom is -0.369 e. The maximum atomic E-state index is 13.2. The van der Waals surface area contributed by atoms with Gasteiger partial charge in [-0.3, -0.25) is 5.10 Å². The third-order valence-electron chi connectivity index (χ3n) is 6.06. The average Bonchev–Trinajstić information content (AvgIpc) is 3.22. The van der Waals surface area contributed by atoms with Crippen LogP contribution in [0.15, 0.2) is 66.7 Å². The maximum absolute atomic E-state index is 13.2. The Bertz CT molecular complexity index is 1160. The lowest BCUT2D eigenvalue weighted by Gasteiger charge is -2.35. The Labute approximate surface area is 181 Å². The van der Waals surface area contributed by atoms with Gasteiger partial charge < -0.3 is 15.1 Å². The highest BCUT2D eigenvalue weighted by Crippen LogP contribution is 2.29. The van der Waals surface area contributed by atoms with Crippen LogP contribution in [0.4, 0.5) is 21.6 Å². The summed E-state index contributed by atoms with van der Waals surface area (Å²) in [5.74, 6) is 0.567. The smallest absolute Gasteiger partial charge is 0.160 e. The number of hydrogen-bond acceptors (Lipinski definition) is 4. The van der Waals surface area contributed by atoms with Crippen LogP contribution in [-0.4, -0.2) is 47.8 Å². The molecule has 3 aromatic carbocycles. The molecule has 0 unspecified atom stereocenters. The normalized spacial score (nSPS) is 14.8. The number of piperazine rings is 1. The molecule has 0 aliphatic carbocycles. The molecule has 0 bridgehead atoms. The topological polar surface area (TPSA) is 47.2 Å². The molecule has 0 spiro atoms. The number of H-pyrrole nitrogens is 1. The molecule has 158 valence electrons. The Balaban J connectivity index is 1.31. The van der Waals surface area contributed by atoms with Crippen LogP contribution in [0.1, 0.15) is 6.92 Å². The summed E-state index contributed by atoms with van der Waals surface area (Å²) in [6.07, 6.45) is 0. The number of halogens is 1. The van der Waals surface area contributed by atoms with E-state index in [0.29, 0.717) is 0 Å². The fourth-order valence-corrected chi connectivity index (χ4v) is 4.15. The van der Waals surface area contributed by atoms with Crippen molar-refractivity contribution in [3.63, 3.8) is 0 Å². The molecule has 1 fully saturated rings. The summed E-state index contributed by atoms with van der Waals surface area (Å²) in [5.41, 5.74) is 5.21. The lowest BCUT2D eigenvalue weighted by atomic mass is 10.0. The van der Waals surface area contributed by atoms with Gasteiger partial charge in [0.25, 0.3) is 0 Å². The standard InChI is InChI=1S/C25H26FN5/c1-2-30-13-15-31(16-14-30)22-10-8-21(9-11-22)27-25-23-12-5-19(17-24(23)28-29-25)18-3-6-20(26)7-4-18/h3-12,17H,2,13-16H2,1H3,(H2,27,28,29). The van der Waals surface area contributed by atoms with E-state index in [-0.39, 0.29) is 5.82 Å². The van der Waals surface area contributed by atoms with Crippen molar-refractivity contribution in [2.45, 2.75) is 6.92 Å². The Morgan fingerprint density at radius 1 is 0.903 bits per heavy atom. The molecule has 1 aliphatic rings. The first-order valence-corrected chi connectivity index (χ1v) is 10.8. The minimum atomic E-state index is -0.230. The van der Waals surface area contributed by atoms with Crippen LogP contribution in [0.3, 0.4) is 0 Å². The number of anilines is 3. The van der Waals surface area contributed by atoms with E-state index >= 15 is 0 Å². The summed E-state index contributed by atoms with van der Waals surface area (Å²) >= 11 is 0. The number of fused-ring (bicyclic) bond motifs is 1. The van der Waals surface area contributed by atoms with Crippen molar-refractivity contribution in [1.29, 1.82) is 0 Å². The van der Waals surface area contributed by atoms with E-state index < -0.39 is 0 Å². The highest BCUT2D eigenvalue weighted by Gasteiger charge is 2.16. The first-order chi connectivity index (χ1) is 15.2. The van der Waals surface area contributed by atoms with Crippen molar-refractivity contribution in [3.8, 4) is 11.1 Å². The molecule has 0 atom stereocenters. The fraction of sp³-hybridized carbons (Fsp3) is 0.240. The van der Waals surface area contributed by atoms with Crippen LogP contribution in [0.2, 0.25) is 0 Å². The van der Waals surface area contributed by atoms with Gasteiger partial charge in [0.2, 0.25) is 0 Å². The van der Waals surface area contributed by atoms with E-state index in [9.17, 15) is 4.39 Å². The van der Waals surface area contributed by atoms with Crippen LogP contribution in [0.5, 0.6) is 0 Å². The largest absolute Gasteiger partial charge is 0.369 e. The zero-order valence-corrected chi connectivity index (χ0v) is 17.6. The lowest BCUT2D eigenvalue weighted by molar-refractivity contribution is 0.271. The highest BCUT2D eigenvalue weighted by molar-refractivity contribution is 5.94. The average molecular weight is 416 g/mol. The number of likely N-dealkylation sites (N-methyl/N-ethyl adjacent to an activating group) is 1. The highest BCUT2D eigenvalue weighted by atomic mass is 19.1. The van der Waals surface area contributed by atoms with Crippen LogP contribution >= 0.6 is 0 Å². The molecular formula is C25H26FN5. The van der Waals surface area contributed by atoms with Crippen LogP contribution in [-0.2, 0) is 0 Å². The van der Waals surface area contributed by atoms with E-state index in [4.69, 9.17) is 0 Å². The molecule has 1 aliphatic heterocycles. The summed E-state index contributed by atoms with van der Waals surface area (Å²) in [4.78, 5) is 4.92. The second-order valence-corrected chi connectivity index (χ2v) is 7.93.